The van der Waals surface area contributed by atoms with Gasteiger partial charge in [0.2, 0.25) is 0 Å². The second-order valence-corrected chi connectivity index (χ2v) is 7.52. The summed E-state index contributed by atoms with van der Waals surface area (Å²) in [6.07, 6.45) is 0. The Morgan fingerprint density at radius 2 is 2.04 bits per heavy atom. The first-order chi connectivity index (χ1) is 12.3. The third kappa shape index (κ3) is 4.61. The van der Waals surface area contributed by atoms with Crippen LogP contribution in [0.25, 0.3) is 0 Å². The second-order valence-electron chi connectivity index (χ2n) is 7.52. The van der Waals surface area contributed by atoms with Crippen LogP contribution < -0.4 is 4.74 Å². The Morgan fingerprint density at radius 1 is 1.23 bits per heavy atom. The molecule has 0 saturated carbocycles. The van der Waals surface area contributed by atoms with Crippen molar-refractivity contribution in [1.29, 1.82) is 0 Å². The number of aliphatic hydroxyl groups is 1. The van der Waals surface area contributed by atoms with Crippen molar-refractivity contribution in [2.24, 2.45) is 0 Å². The van der Waals surface area contributed by atoms with Crippen LogP contribution in [-0.4, -0.2) is 48.7 Å². The van der Waals surface area contributed by atoms with Gasteiger partial charge in [0.25, 0.3) is 0 Å². The molecule has 5 heteroatoms. The molecule has 0 fully saturated rings. The zero-order chi connectivity index (χ0) is 18.7. The third-order valence-electron chi connectivity index (χ3n) is 4.66. The molecule has 0 aromatic heterocycles. The number of halogens is 1. The predicted molar refractivity (Wildman–Crippen MR) is 101 cm³/mol. The average Bonchev–Trinajstić information content (AvgIpc) is 2.74. The molecule has 26 heavy (non-hydrogen) atoms. The van der Waals surface area contributed by atoms with E-state index in [-0.39, 0.29) is 5.82 Å². The summed E-state index contributed by atoms with van der Waals surface area (Å²) in [5.41, 5.74) is 1.94. The number of fused-ring (bicyclic) bond motifs is 1. The van der Waals surface area contributed by atoms with E-state index in [9.17, 15) is 9.50 Å². The Kier molecular flexibility index (Phi) is 5.61. The monoisotopic (exact) mass is 358 g/mol. The van der Waals surface area contributed by atoms with Crippen LogP contribution >= 0.6 is 0 Å². The molecule has 0 unspecified atom stereocenters. The van der Waals surface area contributed by atoms with Crippen LogP contribution in [0.3, 0.4) is 0 Å². The number of nitrogens with zero attached hydrogens (tertiary/aromatic N) is 2. The largest absolute Gasteiger partial charge is 0.492 e. The van der Waals surface area contributed by atoms with E-state index in [1.165, 1.54) is 6.07 Å². The summed E-state index contributed by atoms with van der Waals surface area (Å²) in [4.78, 5) is 4.21. The van der Waals surface area contributed by atoms with Crippen LogP contribution in [0.15, 0.2) is 42.5 Å². The summed E-state index contributed by atoms with van der Waals surface area (Å²) in [7, 11) is 3.89. The van der Waals surface area contributed by atoms with Gasteiger partial charge in [0.05, 0.1) is 5.60 Å². The first-order valence-electron chi connectivity index (χ1n) is 8.93. The highest BCUT2D eigenvalue weighted by Gasteiger charge is 2.26. The van der Waals surface area contributed by atoms with E-state index in [0.29, 0.717) is 26.2 Å². The van der Waals surface area contributed by atoms with Gasteiger partial charge in [-0.1, -0.05) is 18.2 Å². The topological polar surface area (TPSA) is 35.9 Å². The van der Waals surface area contributed by atoms with E-state index in [2.05, 4.69) is 4.90 Å². The quantitative estimate of drug-likeness (QED) is 0.891. The number of rotatable bonds is 5. The normalized spacial score (nSPS) is 17.3. The lowest BCUT2D eigenvalue weighted by Gasteiger charge is -2.28. The van der Waals surface area contributed by atoms with Crippen molar-refractivity contribution in [3.05, 3.63) is 65.0 Å². The number of hydrogen-bond donors (Lipinski definition) is 1. The molecule has 2 aromatic rings. The minimum atomic E-state index is -0.932. The van der Waals surface area contributed by atoms with Gasteiger partial charge in [0, 0.05) is 31.7 Å². The molecule has 0 aliphatic carbocycles. The Morgan fingerprint density at radius 3 is 2.77 bits per heavy atom. The highest BCUT2D eigenvalue weighted by Crippen LogP contribution is 2.30. The smallest absolute Gasteiger partial charge is 0.123 e. The van der Waals surface area contributed by atoms with Crippen molar-refractivity contribution in [2.75, 3.05) is 33.8 Å². The van der Waals surface area contributed by atoms with Gasteiger partial charge in [-0.2, -0.15) is 0 Å². The zero-order valence-electron chi connectivity index (χ0n) is 15.7. The molecule has 1 aliphatic rings. The molecule has 1 aliphatic heterocycles. The second kappa shape index (κ2) is 7.74. The van der Waals surface area contributed by atoms with Gasteiger partial charge >= 0.3 is 0 Å². The van der Waals surface area contributed by atoms with E-state index >= 15 is 0 Å². The van der Waals surface area contributed by atoms with Crippen molar-refractivity contribution >= 4 is 0 Å². The van der Waals surface area contributed by atoms with E-state index < -0.39 is 5.60 Å². The first kappa shape index (κ1) is 18.8. The standard InChI is InChI=1S/C21H27FN2O2/c1-21(25,15-23(2)3)18-7-8-20-17(12-18)14-24(9-10-26-20)13-16-5-4-6-19(22)11-16/h4-8,11-12,25H,9-10,13-15H2,1-3H3/t21-/m1/s1. The maximum absolute atomic E-state index is 13.5. The van der Waals surface area contributed by atoms with Crippen LogP contribution in [0.4, 0.5) is 4.39 Å². The fraction of sp³-hybridized carbons (Fsp3) is 0.429. The minimum absolute atomic E-state index is 0.212. The molecule has 2 aromatic carbocycles. The van der Waals surface area contributed by atoms with Gasteiger partial charge in [-0.25, -0.2) is 4.39 Å². The molecule has 1 heterocycles. The molecule has 3 rings (SSSR count). The number of likely N-dealkylation sites (N-methyl/N-ethyl adjacent to an activating group) is 1. The SMILES string of the molecule is CN(C)C[C@@](C)(O)c1ccc2c(c1)CN(Cc1cccc(F)c1)CCO2. The van der Waals surface area contributed by atoms with Crippen molar-refractivity contribution in [1.82, 2.24) is 9.80 Å². The van der Waals surface area contributed by atoms with Crippen LogP contribution in [0.1, 0.15) is 23.6 Å². The summed E-state index contributed by atoms with van der Waals surface area (Å²) < 4.78 is 19.3. The predicted octanol–water partition coefficient (Wildman–Crippen LogP) is 2.99. The zero-order valence-corrected chi connectivity index (χ0v) is 15.7. The third-order valence-corrected chi connectivity index (χ3v) is 4.66. The fourth-order valence-corrected chi connectivity index (χ4v) is 3.52. The molecule has 140 valence electrons. The number of ether oxygens (including phenoxy) is 1. The minimum Gasteiger partial charge on any atom is -0.492 e. The molecule has 0 radical (unpaired) electrons. The van der Waals surface area contributed by atoms with Crippen LogP contribution in [0.5, 0.6) is 5.75 Å². The molecule has 0 saturated heterocycles. The summed E-state index contributed by atoms with van der Waals surface area (Å²) in [5, 5.41) is 10.8. The van der Waals surface area contributed by atoms with Gasteiger partial charge in [-0.3, -0.25) is 4.90 Å². The van der Waals surface area contributed by atoms with E-state index in [1.807, 2.05) is 50.2 Å². The average molecular weight is 358 g/mol. The van der Waals surface area contributed by atoms with Gasteiger partial charge in [0.15, 0.2) is 0 Å². The summed E-state index contributed by atoms with van der Waals surface area (Å²) in [6, 6.07) is 12.6. The van der Waals surface area contributed by atoms with Gasteiger partial charge in [-0.05, 0) is 56.4 Å². The number of hydrogen-bond acceptors (Lipinski definition) is 4. The maximum Gasteiger partial charge on any atom is 0.123 e. The lowest BCUT2D eigenvalue weighted by atomic mass is 9.93. The Bertz CT molecular complexity index is 761. The maximum atomic E-state index is 13.5. The summed E-state index contributed by atoms with van der Waals surface area (Å²) in [5.74, 6) is 0.645. The van der Waals surface area contributed by atoms with Gasteiger partial charge in [0.1, 0.15) is 18.2 Å². The van der Waals surface area contributed by atoms with Crippen LogP contribution in [-0.2, 0) is 18.7 Å². The number of benzene rings is 2. The van der Waals surface area contributed by atoms with Crippen LogP contribution in [0, 0.1) is 5.82 Å². The fourth-order valence-electron chi connectivity index (χ4n) is 3.52. The molecule has 4 nitrogen and oxygen atoms in total. The summed E-state index contributed by atoms with van der Waals surface area (Å²) >= 11 is 0. The van der Waals surface area contributed by atoms with E-state index in [0.717, 1.165) is 29.0 Å². The molecule has 1 N–H and O–H groups in total. The van der Waals surface area contributed by atoms with Gasteiger partial charge in [-0.15, -0.1) is 0 Å². The lowest BCUT2D eigenvalue weighted by Crippen LogP contribution is -2.34. The molecule has 1 atom stereocenters. The van der Waals surface area contributed by atoms with Crippen molar-refractivity contribution < 1.29 is 14.2 Å². The molecule has 0 amide bonds. The Hall–Kier alpha value is -1.95. The van der Waals surface area contributed by atoms with Gasteiger partial charge < -0.3 is 14.7 Å². The molecular weight excluding hydrogens is 331 g/mol. The van der Waals surface area contributed by atoms with Crippen molar-refractivity contribution in [2.45, 2.75) is 25.6 Å². The first-order valence-corrected chi connectivity index (χ1v) is 8.93. The Balaban J connectivity index is 1.81. The van der Waals surface area contributed by atoms with Crippen LogP contribution in [0.2, 0.25) is 0 Å². The van der Waals surface area contributed by atoms with E-state index in [4.69, 9.17) is 4.74 Å². The van der Waals surface area contributed by atoms with Crippen molar-refractivity contribution in [3.8, 4) is 5.75 Å². The lowest BCUT2D eigenvalue weighted by molar-refractivity contribution is 0.0299. The molecule has 0 spiro atoms. The highest BCUT2D eigenvalue weighted by atomic mass is 19.1. The van der Waals surface area contributed by atoms with E-state index in [1.54, 1.807) is 12.1 Å². The highest BCUT2D eigenvalue weighted by molar-refractivity contribution is 5.40. The summed E-state index contributed by atoms with van der Waals surface area (Å²) in [6.45, 7) is 5.11. The molecule has 0 bridgehead atoms. The Labute approximate surface area is 154 Å². The molecular formula is C21H27FN2O2. The van der Waals surface area contributed by atoms with Crippen molar-refractivity contribution in [3.63, 3.8) is 0 Å².